The molecule has 4 nitrogen and oxygen atoms in total. The number of nitrogens with two attached hydrogens (primary N) is 2. The van der Waals surface area contributed by atoms with Gasteiger partial charge in [-0.25, -0.2) is 4.79 Å². The van der Waals surface area contributed by atoms with Crippen LogP contribution in [0, 0.1) is 0 Å². The quantitative estimate of drug-likeness (QED) is 0.820. The van der Waals surface area contributed by atoms with Crippen LogP contribution in [0.1, 0.15) is 31.4 Å². The fourth-order valence-electron chi connectivity index (χ4n) is 1.68. The summed E-state index contributed by atoms with van der Waals surface area (Å²) in [6.45, 7) is 4.24. The van der Waals surface area contributed by atoms with Gasteiger partial charge in [0.05, 0.1) is 0 Å². The van der Waals surface area contributed by atoms with E-state index in [0.717, 1.165) is 18.4 Å². The Morgan fingerprint density at radius 3 is 2.59 bits per heavy atom. The van der Waals surface area contributed by atoms with Gasteiger partial charge in [-0.15, -0.1) is 0 Å². The molecule has 0 heterocycles. The Morgan fingerprint density at radius 1 is 1.35 bits per heavy atom. The van der Waals surface area contributed by atoms with Crippen LogP contribution in [0.5, 0.6) is 0 Å². The van der Waals surface area contributed by atoms with Crippen molar-refractivity contribution in [2.24, 2.45) is 11.5 Å². The minimum Gasteiger partial charge on any atom is -0.444 e. The summed E-state index contributed by atoms with van der Waals surface area (Å²) in [6, 6.07) is 8.09. The molecule has 0 aliphatic carbocycles. The van der Waals surface area contributed by atoms with Gasteiger partial charge >= 0.3 is 6.09 Å². The summed E-state index contributed by atoms with van der Waals surface area (Å²) in [6.07, 6.45) is 0.823. The van der Waals surface area contributed by atoms with Crippen molar-refractivity contribution < 1.29 is 9.53 Å². The minimum atomic E-state index is -0.731. The maximum Gasteiger partial charge on any atom is 0.405 e. The highest BCUT2D eigenvalue weighted by molar-refractivity contribution is 5.65. The standard InChI is InChI=1S/C13H20N2O2/c1-13(2,17-12(15)16)7-6-10-4-3-5-11(8-10)9-14/h3-5,8H,6-7,9,14H2,1-2H3,(H2,15,16). The summed E-state index contributed by atoms with van der Waals surface area (Å²) >= 11 is 0. The fourth-order valence-corrected chi connectivity index (χ4v) is 1.68. The van der Waals surface area contributed by atoms with Crippen LogP contribution in [-0.4, -0.2) is 11.7 Å². The summed E-state index contributed by atoms with van der Waals surface area (Å²) in [5, 5.41) is 0. The van der Waals surface area contributed by atoms with Crippen LogP contribution in [0.2, 0.25) is 0 Å². The largest absolute Gasteiger partial charge is 0.444 e. The first-order valence-corrected chi connectivity index (χ1v) is 5.69. The first kappa shape index (κ1) is 13.5. The van der Waals surface area contributed by atoms with Gasteiger partial charge in [0.2, 0.25) is 0 Å². The molecular weight excluding hydrogens is 216 g/mol. The van der Waals surface area contributed by atoms with Crippen LogP contribution in [0.4, 0.5) is 4.79 Å². The second kappa shape index (κ2) is 5.68. The van der Waals surface area contributed by atoms with E-state index in [2.05, 4.69) is 6.07 Å². The molecule has 4 N–H and O–H groups in total. The third-order valence-corrected chi connectivity index (χ3v) is 2.62. The first-order chi connectivity index (χ1) is 7.93. The van der Waals surface area contributed by atoms with Crippen LogP contribution >= 0.6 is 0 Å². The lowest BCUT2D eigenvalue weighted by molar-refractivity contribution is 0.0394. The number of carbonyl (C=O) groups is 1. The van der Waals surface area contributed by atoms with E-state index in [4.69, 9.17) is 16.2 Å². The van der Waals surface area contributed by atoms with Gasteiger partial charge < -0.3 is 16.2 Å². The Balaban J connectivity index is 2.57. The van der Waals surface area contributed by atoms with Gasteiger partial charge in [-0.2, -0.15) is 0 Å². The van der Waals surface area contributed by atoms with Gasteiger partial charge in [0.1, 0.15) is 5.60 Å². The average Bonchev–Trinajstić information content (AvgIpc) is 2.25. The van der Waals surface area contributed by atoms with Crippen LogP contribution in [0.25, 0.3) is 0 Å². The topological polar surface area (TPSA) is 78.3 Å². The summed E-state index contributed by atoms with van der Waals surface area (Å²) in [5.74, 6) is 0. The molecule has 17 heavy (non-hydrogen) atoms. The van der Waals surface area contributed by atoms with E-state index in [0.29, 0.717) is 6.54 Å². The number of aryl methyl sites for hydroxylation is 1. The van der Waals surface area contributed by atoms with Crippen molar-refractivity contribution >= 4 is 6.09 Å². The summed E-state index contributed by atoms with van der Waals surface area (Å²) in [5.41, 5.74) is 12.4. The van der Waals surface area contributed by atoms with Gasteiger partial charge in [-0.1, -0.05) is 24.3 Å². The van der Waals surface area contributed by atoms with E-state index in [1.54, 1.807) is 0 Å². The number of rotatable bonds is 5. The number of primary amides is 1. The van der Waals surface area contributed by atoms with E-state index in [-0.39, 0.29) is 0 Å². The minimum absolute atomic E-state index is 0.537. The number of carbonyl (C=O) groups excluding carboxylic acids is 1. The summed E-state index contributed by atoms with van der Waals surface area (Å²) in [4.78, 5) is 10.7. The van der Waals surface area contributed by atoms with E-state index < -0.39 is 11.7 Å². The molecule has 94 valence electrons. The zero-order valence-electron chi connectivity index (χ0n) is 10.4. The lowest BCUT2D eigenvalue weighted by Gasteiger charge is -2.23. The maximum absolute atomic E-state index is 10.7. The molecule has 4 heteroatoms. The van der Waals surface area contributed by atoms with Gasteiger partial charge in [-0.3, -0.25) is 0 Å². The first-order valence-electron chi connectivity index (χ1n) is 5.69. The zero-order chi connectivity index (χ0) is 12.9. The molecular formula is C13H20N2O2. The molecule has 1 amide bonds. The highest BCUT2D eigenvalue weighted by Crippen LogP contribution is 2.18. The van der Waals surface area contributed by atoms with Crippen molar-refractivity contribution in [3.63, 3.8) is 0 Å². The zero-order valence-corrected chi connectivity index (χ0v) is 10.4. The number of benzene rings is 1. The lowest BCUT2D eigenvalue weighted by atomic mass is 9.97. The number of amides is 1. The molecule has 0 spiro atoms. The molecule has 0 saturated heterocycles. The number of ether oxygens (including phenoxy) is 1. The molecule has 1 aromatic carbocycles. The molecule has 0 atom stereocenters. The molecule has 0 aliphatic rings. The molecule has 0 radical (unpaired) electrons. The van der Waals surface area contributed by atoms with Crippen LogP contribution < -0.4 is 11.5 Å². The second-order valence-electron chi connectivity index (χ2n) is 4.70. The van der Waals surface area contributed by atoms with Crippen LogP contribution in [-0.2, 0) is 17.7 Å². The van der Waals surface area contributed by atoms with Crippen molar-refractivity contribution in [3.8, 4) is 0 Å². The third kappa shape index (κ3) is 4.87. The fraction of sp³-hybridized carbons (Fsp3) is 0.462. The van der Waals surface area contributed by atoms with Crippen LogP contribution in [0.15, 0.2) is 24.3 Å². The second-order valence-corrected chi connectivity index (χ2v) is 4.70. The molecule has 0 bridgehead atoms. The summed E-state index contributed by atoms with van der Waals surface area (Å²) in [7, 11) is 0. The lowest BCUT2D eigenvalue weighted by Crippen LogP contribution is -2.31. The third-order valence-electron chi connectivity index (χ3n) is 2.62. The van der Waals surface area contributed by atoms with Crippen molar-refractivity contribution in [3.05, 3.63) is 35.4 Å². The number of hydrogen-bond donors (Lipinski definition) is 2. The smallest absolute Gasteiger partial charge is 0.405 e. The highest BCUT2D eigenvalue weighted by Gasteiger charge is 2.21. The highest BCUT2D eigenvalue weighted by atomic mass is 16.6. The number of hydrogen-bond acceptors (Lipinski definition) is 3. The Bertz CT molecular complexity index is 389. The van der Waals surface area contributed by atoms with Gasteiger partial charge in [0, 0.05) is 6.54 Å². The normalized spacial score (nSPS) is 11.2. The van der Waals surface area contributed by atoms with Crippen molar-refractivity contribution in [2.75, 3.05) is 0 Å². The van der Waals surface area contributed by atoms with Gasteiger partial charge in [0.25, 0.3) is 0 Å². The van der Waals surface area contributed by atoms with E-state index in [9.17, 15) is 4.79 Å². The Labute approximate surface area is 102 Å². The molecule has 1 rings (SSSR count). The van der Waals surface area contributed by atoms with E-state index in [1.807, 2.05) is 32.0 Å². The van der Waals surface area contributed by atoms with Gasteiger partial charge in [-0.05, 0) is 37.8 Å². The predicted octanol–water partition coefficient (Wildman–Crippen LogP) is 1.95. The van der Waals surface area contributed by atoms with Crippen molar-refractivity contribution in [1.82, 2.24) is 0 Å². The monoisotopic (exact) mass is 236 g/mol. The average molecular weight is 236 g/mol. The summed E-state index contributed by atoms with van der Waals surface area (Å²) < 4.78 is 5.03. The Hall–Kier alpha value is -1.55. The van der Waals surface area contributed by atoms with Crippen molar-refractivity contribution in [1.29, 1.82) is 0 Å². The molecule has 0 saturated carbocycles. The maximum atomic E-state index is 10.7. The molecule has 0 fully saturated rings. The van der Waals surface area contributed by atoms with E-state index in [1.165, 1.54) is 5.56 Å². The van der Waals surface area contributed by atoms with E-state index >= 15 is 0 Å². The van der Waals surface area contributed by atoms with Crippen molar-refractivity contribution in [2.45, 2.75) is 38.8 Å². The SMILES string of the molecule is CC(C)(CCc1cccc(CN)c1)OC(N)=O. The Kier molecular flexibility index (Phi) is 4.52. The predicted molar refractivity (Wildman–Crippen MR) is 67.4 cm³/mol. The molecule has 0 aromatic heterocycles. The molecule has 1 aromatic rings. The van der Waals surface area contributed by atoms with Crippen LogP contribution in [0.3, 0.4) is 0 Å². The molecule has 0 aliphatic heterocycles. The molecule has 0 unspecified atom stereocenters. The van der Waals surface area contributed by atoms with Gasteiger partial charge in [0.15, 0.2) is 0 Å². The Morgan fingerprint density at radius 2 is 2.00 bits per heavy atom.